The van der Waals surface area contributed by atoms with E-state index in [2.05, 4.69) is 26.1 Å². The molecule has 3 nitrogen and oxygen atoms in total. The molecule has 1 aromatic heterocycles. The number of hydrogen-bond acceptors (Lipinski definition) is 4. The first-order chi connectivity index (χ1) is 15.4. The molecule has 32 heavy (non-hydrogen) atoms. The lowest BCUT2D eigenvalue weighted by molar-refractivity contribution is -0.137. The molecule has 0 radical (unpaired) electrons. The van der Waals surface area contributed by atoms with Crippen LogP contribution in [0.2, 0.25) is 0 Å². The van der Waals surface area contributed by atoms with Gasteiger partial charge in [-0.3, -0.25) is 9.80 Å². The standard InChI is InChI=1S/C25H32F3N3S/c26-25(27,28)21-4-3-5-22(18-21)30-14-11-29(12-15-30)13-16-31-10-2-1-8-24(31)9-6-20-7-17-32-23(20)19-24/h3-5,7,17-18H,1-2,6,8-16,19H2. The van der Waals surface area contributed by atoms with Crippen molar-refractivity contribution in [2.45, 2.75) is 50.2 Å². The second-order valence-electron chi connectivity index (χ2n) is 9.59. The number of aryl methyl sites for hydroxylation is 1. The van der Waals surface area contributed by atoms with E-state index >= 15 is 0 Å². The van der Waals surface area contributed by atoms with Gasteiger partial charge in [-0.1, -0.05) is 12.5 Å². The number of hydrogen-bond donors (Lipinski definition) is 0. The van der Waals surface area contributed by atoms with Gasteiger partial charge in [0, 0.05) is 61.8 Å². The average Bonchev–Trinajstić information content (AvgIpc) is 3.26. The van der Waals surface area contributed by atoms with Crippen LogP contribution < -0.4 is 4.90 Å². The molecule has 7 heteroatoms. The second kappa shape index (κ2) is 8.99. The molecular weight excluding hydrogens is 431 g/mol. The van der Waals surface area contributed by atoms with Crippen molar-refractivity contribution >= 4 is 17.0 Å². The Morgan fingerprint density at radius 3 is 2.59 bits per heavy atom. The zero-order chi connectivity index (χ0) is 22.2. The van der Waals surface area contributed by atoms with Gasteiger partial charge in [0.1, 0.15) is 0 Å². The summed E-state index contributed by atoms with van der Waals surface area (Å²) in [6, 6.07) is 8.06. The summed E-state index contributed by atoms with van der Waals surface area (Å²) in [6.45, 7) is 6.74. The summed E-state index contributed by atoms with van der Waals surface area (Å²) in [7, 11) is 0. The molecule has 2 aromatic rings. The van der Waals surface area contributed by atoms with Gasteiger partial charge in [-0.25, -0.2) is 0 Å². The topological polar surface area (TPSA) is 9.72 Å². The van der Waals surface area contributed by atoms with Crippen LogP contribution in [-0.2, 0) is 19.0 Å². The molecule has 3 heterocycles. The molecule has 0 N–H and O–H groups in total. The summed E-state index contributed by atoms with van der Waals surface area (Å²) in [5.41, 5.74) is 2.03. The molecule has 2 fully saturated rings. The monoisotopic (exact) mass is 463 g/mol. The van der Waals surface area contributed by atoms with Gasteiger partial charge in [0.25, 0.3) is 0 Å². The summed E-state index contributed by atoms with van der Waals surface area (Å²) >= 11 is 1.93. The number of nitrogens with zero attached hydrogens (tertiary/aromatic N) is 3. The summed E-state index contributed by atoms with van der Waals surface area (Å²) in [5.74, 6) is 0. The van der Waals surface area contributed by atoms with Gasteiger partial charge >= 0.3 is 6.18 Å². The van der Waals surface area contributed by atoms with Crippen LogP contribution in [0.1, 0.15) is 41.7 Å². The van der Waals surface area contributed by atoms with Gasteiger partial charge in [0.2, 0.25) is 0 Å². The van der Waals surface area contributed by atoms with E-state index in [0.717, 1.165) is 45.3 Å². The molecule has 0 bridgehead atoms. The van der Waals surface area contributed by atoms with Crippen LogP contribution in [0.3, 0.4) is 0 Å². The van der Waals surface area contributed by atoms with Gasteiger partial charge in [0.05, 0.1) is 5.56 Å². The fraction of sp³-hybridized carbons (Fsp3) is 0.600. The second-order valence-corrected chi connectivity index (χ2v) is 10.6. The Labute approximate surface area is 192 Å². The van der Waals surface area contributed by atoms with E-state index in [4.69, 9.17) is 0 Å². The van der Waals surface area contributed by atoms with Crippen molar-refractivity contribution in [2.75, 3.05) is 50.7 Å². The largest absolute Gasteiger partial charge is 0.416 e. The van der Waals surface area contributed by atoms with Crippen LogP contribution in [0.4, 0.5) is 18.9 Å². The van der Waals surface area contributed by atoms with E-state index in [9.17, 15) is 13.2 Å². The average molecular weight is 464 g/mol. The number of piperidine rings is 1. The highest BCUT2D eigenvalue weighted by molar-refractivity contribution is 7.10. The van der Waals surface area contributed by atoms with E-state index in [1.807, 2.05) is 11.3 Å². The Bertz CT molecular complexity index is 919. The first kappa shape index (κ1) is 22.2. The molecule has 1 unspecified atom stereocenters. The number of thiophene rings is 1. The number of alkyl halides is 3. The normalized spacial score (nSPS) is 25.3. The first-order valence-corrected chi connectivity index (χ1v) is 12.8. The number of anilines is 1. The van der Waals surface area contributed by atoms with Gasteiger partial charge in [0.15, 0.2) is 0 Å². The summed E-state index contributed by atoms with van der Waals surface area (Å²) in [4.78, 5) is 8.95. The maximum atomic E-state index is 13.1. The Morgan fingerprint density at radius 1 is 0.938 bits per heavy atom. The Kier molecular flexibility index (Phi) is 6.25. The van der Waals surface area contributed by atoms with Crippen molar-refractivity contribution in [3.63, 3.8) is 0 Å². The predicted molar refractivity (Wildman–Crippen MR) is 125 cm³/mol. The number of benzene rings is 1. The van der Waals surface area contributed by atoms with Gasteiger partial charge in [-0.15, -0.1) is 11.3 Å². The summed E-state index contributed by atoms with van der Waals surface area (Å²) in [5, 5.41) is 2.25. The van der Waals surface area contributed by atoms with Crippen molar-refractivity contribution < 1.29 is 13.2 Å². The number of likely N-dealkylation sites (tertiary alicyclic amines) is 1. The smallest absolute Gasteiger partial charge is 0.369 e. The molecule has 3 aliphatic rings. The van der Waals surface area contributed by atoms with E-state index in [-0.39, 0.29) is 0 Å². The highest BCUT2D eigenvalue weighted by atomic mass is 32.1. The maximum absolute atomic E-state index is 13.1. The maximum Gasteiger partial charge on any atom is 0.416 e. The van der Waals surface area contributed by atoms with E-state index in [1.54, 1.807) is 16.5 Å². The van der Waals surface area contributed by atoms with Gasteiger partial charge in [-0.05, 0) is 67.4 Å². The highest BCUT2D eigenvalue weighted by Gasteiger charge is 2.41. The van der Waals surface area contributed by atoms with Crippen LogP contribution in [0.5, 0.6) is 0 Å². The van der Waals surface area contributed by atoms with E-state index in [1.165, 1.54) is 57.2 Å². The molecule has 1 aliphatic carbocycles. The molecule has 1 aromatic carbocycles. The third-order valence-electron chi connectivity index (χ3n) is 7.78. The van der Waals surface area contributed by atoms with E-state index < -0.39 is 11.7 Å². The Hall–Kier alpha value is -1.57. The first-order valence-electron chi connectivity index (χ1n) is 11.9. The lowest BCUT2D eigenvalue weighted by Crippen LogP contribution is -2.57. The van der Waals surface area contributed by atoms with Crippen LogP contribution in [-0.4, -0.2) is 61.2 Å². The fourth-order valence-electron chi connectivity index (χ4n) is 5.85. The number of rotatable bonds is 4. The van der Waals surface area contributed by atoms with Crippen LogP contribution in [0, 0.1) is 0 Å². The fourth-order valence-corrected chi connectivity index (χ4v) is 6.92. The van der Waals surface area contributed by atoms with Crippen molar-refractivity contribution in [2.24, 2.45) is 0 Å². The van der Waals surface area contributed by atoms with E-state index in [0.29, 0.717) is 11.2 Å². The summed E-state index contributed by atoms with van der Waals surface area (Å²) in [6.07, 6.45) is 3.36. The molecule has 0 amide bonds. The zero-order valence-electron chi connectivity index (χ0n) is 18.5. The minimum absolute atomic E-state index is 0.343. The predicted octanol–water partition coefficient (Wildman–Crippen LogP) is 5.30. The van der Waals surface area contributed by atoms with Crippen molar-refractivity contribution in [3.05, 3.63) is 51.7 Å². The molecule has 0 saturated carbocycles. The molecule has 2 saturated heterocycles. The Morgan fingerprint density at radius 2 is 1.78 bits per heavy atom. The molecule has 2 aliphatic heterocycles. The minimum Gasteiger partial charge on any atom is -0.369 e. The minimum atomic E-state index is -4.29. The third-order valence-corrected chi connectivity index (χ3v) is 8.74. The lowest BCUT2D eigenvalue weighted by atomic mass is 9.75. The quantitative estimate of drug-likeness (QED) is 0.609. The van der Waals surface area contributed by atoms with Crippen LogP contribution in [0.25, 0.3) is 0 Å². The van der Waals surface area contributed by atoms with Crippen molar-refractivity contribution in [1.29, 1.82) is 0 Å². The lowest BCUT2D eigenvalue weighted by Gasteiger charge is -2.50. The third kappa shape index (κ3) is 4.57. The highest BCUT2D eigenvalue weighted by Crippen LogP contribution is 2.41. The summed E-state index contributed by atoms with van der Waals surface area (Å²) < 4.78 is 39.2. The molecule has 174 valence electrons. The molecule has 5 rings (SSSR count). The molecule has 1 atom stereocenters. The number of piperazine rings is 1. The van der Waals surface area contributed by atoms with Gasteiger partial charge < -0.3 is 4.90 Å². The molecular formula is C25H32F3N3S. The number of fused-ring (bicyclic) bond motifs is 1. The van der Waals surface area contributed by atoms with Gasteiger partial charge in [-0.2, -0.15) is 13.2 Å². The molecule has 1 spiro atoms. The Balaban J connectivity index is 1.16. The SMILES string of the molecule is FC(F)(F)c1cccc(N2CCN(CCN3CCCCC34CCc3ccsc3C4)CC2)c1. The van der Waals surface area contributed by atoms with Crippen LogP contribution in [0.15, 0.2) is 35.7 Å². The van der Waals surface area contributed by atoms with Crippen molar-refractivity contribution in [1.82, 2.24) is 9.80 Å². The van der Waals surface area contributed by atoms with Crippen LogP contribution >= 0.6 is 11.3 Å². The zero-order valence-corrected chi connectivity index (χ0v) is 19.4. The number of halogens is 3. The van der Waals surface area contributed by atoms with Crippen molar-refractivity contribution in [3.8, 4) is 0 Å².